The highest BCUT2D eigenvalue weighted by atomic mass is 16.2. The van der Waals surface area contributed by atoms with Crippen LogP contribution < -0.4 is 15.5 Å². The summed E-state index contributed by atoms with van der Waals surface area (Å²) in [5.74, 6) is 0.465. The number of amides is 4. The highest BCUT2D eigenvalue weighted by Crippen LogP contribution is 2.23. The van der Waals surface area contributed by atoms with Crippen molar-refractivity contribution in [3.63, 3.8) is 0 Å². The second-order valence-corrected chi connectivity index (χ2v) is 8.11. The van der Waals surface area contributed by atoms with Crippen LogP contribution in [0.2, 0.25) is 0 Å². The van der Waals surface area contributed by atoms with Crippen LogP contribution in [0.15, 0.2) is 18.2 Å². The average Bonchev–Trinajstić information content (AvgIpc) is 3.07. The third-order valence-corrected chi connectivity index (χ3v) is 5.37. The van der Waals surface area contributed by atoms with Gasteiger partial charge in [0.05, 0.1) is 0 Å². The smallest absolute Gasteiger partial charge is 0.322 e. The Morgan fingerprint density at radius 3 is 2.50 bits per heavy atom. The summed E-state index contributed by atoms with van der Waals surface area (Å²) in [5.41, 5.74) is 2.33. The van der Waals surface area contributed by atoms with Crippen molar-refractivity contribution in [1.29, 1.82) is 0 Å². The first-order valence-electron chi connectivity index (χ1n) is 10.1. The van der Waals surface area contributed by atoms with Gasteiger partial charge in [0.1, 0.15) is 0 Å². The van der Waals surface area contributed by atoms with Crippen molar-refractivity contribution < 1.29 is 14.4 Å². The number of rotatable bonds is 5. The predicted octanol–water partition coefficient (Wildman–Crippen LogP) is 2.29. The van der Waals surface area contributed by atoms with Crippen LogP contribution in [-0.2, 0) is 4.79 Å². The summed E-state index contributed by atoms with van der Waals surface area (Å²) in [7, 11) is 0. The SMILES string of the molecule is Cc1cc(C(=O)NC2CCN(C(=O)CC(C)C)CC2)ccc1N1CCNC1=O. The summed E-state index contributed by atoms with van der Waals surface area (Å²) in [4.78, 5) is 40.3. The number of anilines is 1. The van der Waals surface area contributed by atoms with Gasteiger partial charge in [0.15, 0.2) is 0 Å². The van der Waals surface area contributed by atoms with Crippen LogP contribution >= 0.6 is 0 Å². The van der Waals surface area contributed by atoms with Gasteiger partial charge in [0.25, 0.3) is 5.91 Å². The fraction of sp³-hybridized carbons (Fsp3) is 0.571. The zero-order chi connectivity index (χ0) is 20.3. The van der Waals surface area contributed by atoms with Gasteiger partial charge in [-0.25, -0.2) is 4.79 Å². The molecule has 7 heteroatoms. The maximum atomic E-state index is 12.6. The van der Waals surface area contributed by atoms with E-state index < -0.39 is 0 Å². The summed E-state index contributed by atoms with van der Waals surface area (Å²) in [6.45, 7) is 8.67. The quantitative estimate of drug-likeness (QED) is 0.815. The summed E-state index contributed by atoms with van der Waals surface area (Å²) < 4.78 is 0. The molecule has 28 heavy (non-hydrogen) atoms. The zero-order valence-electron chi connectivity index (χ0n) is 17.0. The van der Waals surface area contributed by atoms with Gasteiger partial charge in [-0.3, -0.25) is 14.5 Å². The molecule has 2 fully saturated rings. The minimum absolute atomic E-state index is 0.0833. The van der Waals surface area contributed by atoms with E-state index in [0.29, 0.717) is 44.1 Å². The number of nitrogens with one attached hydrogen (secondary N) is 2. The first-order chi connectivity index (χ1) is 13.3. The van der Waals surface area contributed by atoms with E-state index in [0.717, 1.165) is 24.1 Å². The molecule has 2 heterocycles. The van der Waals surface area contributed by atoms with Crippen LogP contribution in [0.1, 0.15) is 49.0 Å². The Morgan fingerprint density at radius 2 is 1.93 bits per heavy atom. The molecule has 3 rings (SSSR count). The molecule has 2 aliphatic rings. The molecule has 0 atom stereocenters. The third-order valence-electron chi connectivity index (χ3n) is 5.37. The Morgan fingerprint density at radius 1 is 1.21 bits per heavy atom. The van der Waals surface area contributed by atoms with Crippen molar-refractivity contribution in [2.45, 2.75) is 46.1 Å². The van der Waals surface area contributed by atoms with Crippen LogP contribution in [0.5, 0.6) is 0 Å². The summed E-state index contributed by atoms with van der Waals surface area (Å²) >= 11 is 0. The fourth-order valence-electron chi connectivity index (χ4n) is 3.82. The van der Waals surface area contributed by atoms with Gasteiger partial charge in [-0.15, -0.1) is 0 Å². The highest BCUT2D eigenvalue weighted by Gasteiger charge is 2.26. The normalized spacial score (nSPS) is 17.8. The molecular weight excluding hydrogens is 356 g/mol. The Bertz CT molecular complexity index is 754. The summed E-state index contributed by atoms with van der Waals surface area (Å²) in [6.07, 6.45) is 2.14. The molecule has 2 saturated heterocycles. The molecule has 2 N–H and O–H groups in total. The van der Waals surface area contributed by atoms with E-state index in [4.69, 9.17) is 0 Å². The number of urea groups is 1. The Hall–Kier alpha value is -2.57. The number of carbonyl (C=O) groups excluding carboxylic acids is 3. The van der Waals surface area contributed by atoms with E-state index in [2.05, 4.69) is 10.6 Å². The van der Waals surface area contributed by atoms with E-state index >= 15 is 0 Å². The lowest BCUT2D eigenvalue weighted by atomic mass is 10.0. The monoisotopic (exact) mass is 386 g/mol. The third kappa shape index (κ3) is 4.64. The average molecular weight is 386 g/mol. The lowest BCUT2D eigenvalue weighted by Gasteiger charge is -2.33. The Balaban J connectivity index is 1.55. The standard InChI is InChI=1S/C21H30N4O3/c1-14(2)12-19(26)24-9-6-17(7-10-24)23-20(27)16-4-5-18(15(3)13-16)25-11-8-22-21(25)28/h4-5,13-14,17H,6-12H2,1-3H3,(H,22,28)(H,23,27). The Kier molecular flexibility index (Phi) is 6.21. The van der Waals surface area contributed by atoms with Gasteiger partial charge in [-0.2, -0.15) is 0 Å². The number of hydrogen-bond acceptors (Lipinski definition) is 3. The van der Waals surface area contributed by atoms with Crippen molar-refractivity contribution in [1.82, 2.24) is 15.5 Å². The number of carbonyl (C=O) groups is 3. The maximum Gasteiger partial charge on any atom is 0.322 e. The second kappa shape index (κ2) is 8.63. The summed E-state index contributed by atoms with van der Waals surface area (Å²) in [5, 5.41) is 5.88. The van der Waals surface area contributed by atoms with Gasteiger partial charge in [-0.05, 0) is 49.4 Å². The molecule has 7 nitrogen and oxygen atoms in total. The van der Waals surface area contributed by atoms with Crippen LogP contribution in [0.25, 0.3) is 0 Å². The van der Waals surface area contributed by atoms with E-state index in [-0.39, 0.29) is 23.9 Å². The first kappa shape index (κ1) is 20.2. The predicted molar refractivity (Wildman–Crippen MR) is 108 cm³/mol. The van der Waals surface area contributed by atoms with E-state index in [1.807, 2.05) is 37.8 Å². The molecule has 0 aromatic heterocycles. The lowest BCUT2D eigenvalue weighted by molar-refractivity contribution is -0.133. The van der Waals surface area contributed by atoms with Crippen LogP contribution in [0.3, 0.4) is 0 Å². The van der Waals surface area contributed by atoms with E-state index in [1.165, 1.54) is 0 Å². The van der Waals surface area contributed by atoms with Crippen molar-refractivity contribution in [3.05, 3.63) is 29.3 Å². The van der Waals surface area contributed by atoms with Crippen molar-refractivity contribution in [2.75, 3.05) is 31.1 Å². The number of likely N-dealkylation sites (tertiary alicyclic amines) is 1. The van der Waals surface area contributed by atoms with Crippen LogP contribution in [0.4, 0.5) is 10.5 Å². The second-order valence-electron chi connectivity index (χ2n) is 8.11. The number of hydrogen-bond donors (Lipinski definition) is 2. The summed E-state index contributed by atoms with van der Waals surface area (Å²) in [6, 6.07) is 5.42. The van der Waals surface area contributed by atoms with Gasteiger partial charge < -0.3 is 15.5 Å². The molecule has 0 unspecified atom stereocenters. The number of nitrogens with zero attached hydrogens (tertiary/aromatic N) is 2. The molecule has 2 aliphatic heterocycles. The van der Waals surface area contributed by atoms with Crippen molar-refractivity contribution in [2.24, 2.45) is 5.92 Å². The molecule has 0 aliphatic carbocycles. The topological polar surface area (TPSA) is 81.8 Å². The van der Waals surface area contributed by atoms with Crippen molar-refractivity contribution >= 4 is 23.5 Å². The molecule has 0 spiro atoms. The fourth-order valence-corrected chi connectivity index (χ4v) is 3.82. The number of benzene rings is 1. The van der Waals surface area contributed by atoms with Gasteiger partial charge in [0.2, 0.25) is 5.91 Å². The largest absolute Gasteiger partial charge is 0.349 e. The molecular formula is C21H30N4O3. The molecule has 1 aromatic rings. The minimum Gasteiger partial charge on any atom is -0.349 e. The van der Waals surface area contributed by atoms with Crippen LogP contribution in [0, 0.1) is 12.8 Å². The molecule has 0 saturated carbocycles. The lowest BCUT2D eigenvalue weighted by Crippen LogP contribution is -2.46. The van der Waals surface area contributed by atoms with E-state index in [1.54, 1.807) is 11.0 Å². The molecule has 1 aromatic carbocycles. The van der Waals surface area contributed by atoms with Gasteiger partial charge >= 0.3 is 6.03 Å². The number of piperidine rings is 1. The Labute approximate surface area is 166 Å². The molecule has 0 radical (unpaired) electrons. The number of aryl methyl sites for hydroxylation is 1. The molecule has 0 bridgehead atoms. The molecule has 152 valence electrons. The molecule has 4 amide bonds. The van der Waals surface area contributed by atoms with Gasteiger partial charge in [0, 0.05) is 49.9 Å². The van der Waals surface area contributed by atoms with E-state index in [9.17, 15) is 14.4 Å². The zero-order valence-corrected chi connectivity index (χ0v) is 17.0. The maximum absolute atomic E-state index is 12.6. The minimum atomic E-state index is -0.104. The first-order valence-corrected chi connectivity index (χ1v) is 10.1. The van der Waals surface area contributed by atoms with Crippen molar-refractivity contribution in [3.8, 4) is 0 Å². The van der Waals surface area contributed by atoms with Gasteiger partial charge in [-0.1, -0.05) is 13.8 Å². The van der Waals surface area contributed by atoms with Crippen LogP contribution in [-0.4, -0.2) is 55.0 Å². The highest BCUT2D eigenvalue weighted by molar-refractivity contribution is 5.98.